The first-order valence-corrected chi connectivity index (χ1v) is 12.1. The number of aliphatic hydroxyl groups is 2. The van der Waals surface area contributed by atoms with Crippen LogP contribution in [0.2, 0.25) is 0 Å². The predicted octanol–water partition coefficient (Wildman–Crippen LogP) is -0.721. The SMILES string of the molecule is C[C@@H]1c2c(N)cc(C(C)(C)C)c(O)c2C(=O)C2C(=O)[C@@]3(O)C(=O)C(C(N)=O)C(=O)[C@H](N(C)C)[C@H]3[C@H](O)[C@H]21. The summed E-state index contributed by atoms with van der Waals surface area (Å²) in [6.07, 6.45) is -1.70. The number of primary amides is 1. The lowest BCUT2D eigenvalue weighted by Crippen LogP contribution is -2.77. The molecule has 0 bridgehead atoms. The van der Waals surface area contributed by atoms with E-state index in [0.29, 0.717) is 5.56 Å². The maximum atomic E-state index is 14.0. The molecule has 3 aliphatic carbocycles. The molecule has 2 saturated carbocycles. The third kappa shape index (κ3) is 3.33. The lowest BCUT2D eigenvalue weighted by Gasteiger charge is -2.56. The van der Waals surface area contributed by atoms with Gasteiger partial charge in [0.25, 0.3) is 0 Å². The third-order valence-electron chi connectivity index (χ3n) is 8.42. The highest BCUT2D eigenvalue weighted by molar-refractivity contribution is 6.32. The van der Waals surface area contributed by atoms with Crippen molar-refractivity contribution in [2.45, 2.75) is 56.8 Å². The maximum Gasteiger partial charge on any atom is 0.235 e. The number of aliphatic hydroxyl groups excluding tert-OH is 1. The summed E-state index contributed by atoms with van der Waals surface area (Å²) in [7, 11) is 2.88. The summed E-state index contributed by atoms with van der Waals surface area (Å²) >= 11 is 0. The second-order valence-corrected chi connectivity index (χ2v) is 11.8. The number of nitrogen functional groups attached to an aromatic ring is 1. The van der Waals surface area contributed by atoms with Gasteiger partial charge in [-0.25, -0.2) is 0 Å². The van der Waals surface area contributed by atoms with E-state index >= 15 is 0 Å². The molecule has 37 heavy (non-hydrogen) atoms. The topological polar surface area (TPSA) is 201 Å². The van der Waals surface area contributed by atoms with Crippen LogP contribution in [0.4, 0.5) is 5.69 Å². The Labute approximate surface area is 213 Å². The van der Waals surface area contributed by atoms with Gasteiger partial charge in [0.15, 0.2) is 34.7 Å². The largest absolute Gasteiger partial charge is 0.507 e. The van der Waals surface area contributed by atoms with Crippen LogP contribution in [0, 0.1) is 23.7 Å². The Morgan fingerprint density at radius 2 is 1.68 bits per heavy atom. The summed E-state index contributed by atoms with van der Waals surface area (Å²) < 4.78 is 0. The summed E-state index contributed by atoms with van der Waals surface area (Å²) in [5.74, 6) is -13.7. The van der Waals surface area contributed by atoms with E-state index in [-0.39, 0.29) is 22.6 Å². The van der Waals surface area contributed by atoms with Crippen molar-refractivity contribution in [3.63, 3.8) is 0 Å². The average molecular weight is 516 g/mol. The highest BCUT2D eigenvalue weighted by atomic mass is 16.3. The molecule has 11 nitrogen and oxygen atoms in total. The lowest BCUT2D eigenvalue weighted by molar-refractivity contribution is -0.196. The third-order valence-corrected chi connectivity index (χ3v) is 8.42. The molecular weight excluding hydrogens is 482 g/mol. The number of phenols is 1. The lowest BCUT2D eigenvalue weighted by atomic mass is 9.49. The first-order chi connectivity index (χ1) is 16.9. The fourth-order valence-corrected chi connectivity index (χ4v) is 6.75. The summed E-state index contributed by atoms with van der Waals surface area (Å²) in [4.78, 5) is 67.8. The van der Waals surface area contributed by atoms with E-state index in [9.17, 15) is 39.3 Å². The minimum Gasteiger partial charge on any atom is -0.507 e. The van der Waals surface area contributed by atoms with E-state index in [1.807, 2.05) is 0 Å². The minimum absolute atomic E-state index is 0.186. The van der Waals surface area contributed by atoms with E-state index in [4.69, 9.17) is 11.5 Å². The minimum atomic E-state index is -3.03. The highest BCUT2D eigenvalue weighted by Gasteiger charge is 2.73. The number of amides is 1. The molecule has 200 valence electrons. The van der Waals surface area contributed by atoms with Crippen LogP contribution >= 0.6 is 0 Å². The second kappa shape index (κ2) is 8.17. The van der Waals surface area contributed by atoms with E-state index in [2.05, 4.69) is 0 Å². The van der Waals surface area contributed by atoms with E-state index in [1.165, 1.54) is 19.0 Å². The van der Waals surface area contributed by atoms with Crippen molar-refractivity contribution in [2.24, 2.45) is 29.4 Å². The van der Waals surface area contributed by atoms with Gasteiger partial charge in [0, 0.05) is 17.2 Å². The molecule has 2 unspecified atom stereocenters. The molecule has 1 aromatic carbocycles. The number of hydrogen-bond donors (Lipinski definition) is 5. The van der Waals surface area contributed by atoms with E-state index < -0.39 is 81.8 Å². The molecule has 0 spiro atoms. The number of nitrogens with zero attached hydrogens (tertiary/aromatic N) is 1. The van der Waals surface area contributed by atoms with Crippen LogP contribution in [0.5, 0.6) is 5.75 Å². The van der Waals surface area contributed by atoms with Gasteiger partial charge in [0.2, 0.25) is 5.91 Å². The number of likely N-dealkylation sites (N-methyl/N-ethyl adjacent to an activating group) is 1. The molecular formula is C26H33N3O8. The molecule has 11 heteroatoms. The number of carbonyl (C=O) groups is 5. The van der Waals surface area contributed by atoms with Crippen molar-refractivity contribution in [3.8, 4) is 5.75 Å². The van der Waals surface area contributed by atoms with Crippen LogP contribution in [0.1, 0.15) is 55.1 Å². The van der Waals surface area contributed by atoms with Crippen LogP contribution < -0.4 is 11.5 Å². The second-order valence-electron chi connectivity index (χ2n) is 11.8. The Bertz CT molecular complexity index is 1270. The Morgan fingerprint density at radius 3 is 2.16 bits per heavy atom. The van der Waals surface area contributed by atoms with Gasteiger partial charge in [-0.1, -0.05) is 27.7 Å². The van der Waals surface area contributed by atoms with Gasteiger partial charge in [-0.3, -0.25) is 28.9 Å². The monoisotopic (exact) mass is 515 g/mol. The zero-order valence-electron chi connectivity index (χ0n) is 21.6. The van der Waals surface area contributed by atoms with Gasteiger partial charge in [-0.2, -0.15) is 0 Å². The number of benzene rings is 1. The molecule has 0 radical (unpaired) electrons. The number of hydrogen-bond acceptors (Lipinski definition) is 10. The van der Waals surface area contributed by atoms with Crippen LogP contribution in [0.3, 0.4) is 0 Å². The quantitative estimate of drug-likeness (QED) is 0.190. The van der Waals surface area contributed by atoms with Crippen molar-refractivity contribution >= 4 is 34.7 Å². The van der Waals surface area contributed by atoms with Gasteiger partial charge < -0.3 is 26.8 Å². The van der Waals surface area contributed by atoms with Gasteiger partial charge >= 0.3 is 0 Å². The fraction of sp³-hybridized carbons (Fsp3) is 0.577. The number of Topliss-reactive ketones (excluding diaryl/α,β-unsaturated/α-hetero) is 4. The van der Waals surface area contributed by atoms with Crippen molar-refractivity contribution in [1.82, 2.24) is 4.90 Å². The maximum absolute atomic E-state index is 14.0. The van der Waals surface area contributed by atoms with E-state index in [1.54, 1.807) is 33.8 Å². The molecule has 7 N–H and O–H groups in total. The highest BCUT2D eigenvalue weighted by Crippen LogP contribution is 2.56. The fourth-order valence-electron chi connectivity index (χ4n) is 6.75. The van der Waals surface area contributed by atoms with Crippen LogP contribution in [-0.4, -0.2) is 81.1 Å². The van der Waals surface area contributed by atoms with Gasteiger partial charge in [0.05, 0.1) is 29.5 Å². The molecule has 2 fully saturated rings. The summed E-state index contributed by atoms with van der Waals surface area (Å²) in [5.41, 5.74) is 8.60. The molecule has 0 aliphatic heterocycles. The molecule has 0 saturated heterocycles. The zero-order valence-corrected chi connectivity index (χ0v) is 21.6. The number of phenolic OH excluding ortho intramolecular Hbond substituents is 1. The molecule has 3 aliphatic rings. The van der Waals surface area contributed by atoms with Crippen LogP contribution in [0.15, 0.2) is 6.07 Å². The first-order valence-electron chi connectivity index (χ1n) is 12.1. The van der Waals surface area contributed by atoms with Crippen molar-refractivity contribution in [3.05, 3.63) is 22.8 Å². The Morgan fingerprint density at radius 1 is 1.11 bits per heavy atom. The first kappa shape index (κ1) is 26.9. The van der Waals surface area contributed by atoms with Gasteiger partial charge in [0.1, 0.15) is 5.75 Å². The van der Waals surface area contributed by atoms with Crippen LogP contribution in [0.25, 0.3) is 0 Å². The number of rotatable bonds is 2. The molecule has 1 amide bonds. The standard InChI is InChI=1S/C26H33N3O8/c1-8-11-10(27)7-9(25(2,3)4)18(30)13(11)19(31)14-12(8)20(32)16-17(29(5)6)21(33)15(24(28)36)23(35)26(16,37)22(14)34/h7-8,12,14-17,20,30,32,37H,27H2,1-6H3,(H2,28,36)/t8-,12+,14?,15?,16+,17-,20-,26-/m1/s1. The zero-order chi connectivity index (χ0) is 28.1. The number of ketones is 4. The average Bonchev–Trinajstić information content (AvgIpc) is 2.76. The predicted molar refractivity (Wildman–Crippen MR) is 131 cm³/mol. The Kier molecular flexibility index (Phi) is 5.94. The number of aromatic hydroxyl groups is 1. The van der Waals surface area contributed by atoms with Crippen molar-refractivity contribution < 1.29 is 39.3 Å². The van der Waals surface area contributed by atoms with E-state index in [0.717, 1.165) is 0 Å². The molecule has 0 heterocycles. The molecule has 4 rings (SSSR count). The van der Waals surface area contributed by atoms with Gasteiger partial charge in [-0.15, -0.1) is 0 Å². The summed E-state index contributed by atoms with van der Waals surface area (Å²) in [5, 5.41) is 34.4. The summed E-state index contributed by atoms with van der Waals surface area (Å²) in [6.45, 7) is 7.04. The van der Waals surface area contributed by atoms with Crippen molar-refractivity contribution in [1.29, 1.82) is 0 Å². The molecule has 1 aromatic rings. The number of fused-ring (bicyclic) bond motifs is 3. The molecule has 8 atom stereocenters. The number of anilines is 1. The van der Waals surface area contributed by atoms with Crippen LogP contribution in [-0.2, 0) is 24.6 Å². The summed E-state index contributed by atoms with van der Waals surface area (Å²) in [6, 6.07) is 0.136. The Balaban J connectivity index is 2.00. The van der Waals surface area contributed by atoms with Crippen molar-refractivity contribution in [2.75, 3.05) is 19.8 Å². The smallest absolute Gasteiger partial charge is 0.235 e. The van der Waals surface area contributed by atoms with Gasteiger partial charge in [-0.05, 0) is 37.1 Å². The number of carbonyl (C=O) groups excluding carboxylic acids is 5. The molecule has 0 aromatic heterocycles. The number of nitrogens with two attached hydrogens (primary N) is 2. The normalized spacial score (nSPS) is 35.8. The Hall–Kier alpha value is -3.15.